The van der Waals surface area contributed by atoms with Crippen molar-refractivity contribution < 1.29 is 14.7 Å². The van der Waals surface area contributed by atoms with E-state index < -0.39 is 5.97 Å². The largest absolute Gasteiger partial charge is 0.480 e. The summed E-state index contributed by atoms with van der Waals surface area (Å²) in [5, 5.41) is 8.59. The maximum Gasteiger partial charge on any atom is 0.323 e. The number of carboxylic acid groups (broad SMARTS) is 1. The Morgan fingerprint density at radius 1 is 1.47 bits per heavy atom. The van der Waals surface area contributed by atoms with Crippen LogP contribution in [0.4, 0.5) is 4.79 Å². The summed E-state index contributed by atoms with van der Waals surface area (Å²) < 4.78 is 0. The molecule has 2 amide bonds. The smallest absolute Gasteiger partial charge is 0.323 e. The standard InChI is InChI=1S/C10H18N2O3/c1-10(2)5-4-6-12(10)9(15)11(3)7-8(13)14/h4-7H2,1-3H3,(H,13,14). The van der Waals surface area contributed by atoms with Gasteiger partial charge in [-0.25, -0.2) is 4.79 Å². The summed E-state index contributed by atoms with van der Waals surface area (Å²) in [6.07, 6.45) is 1.96. The van der Waals surface area contributed by atoms with E-state index in [-0.39, 0.29) is 18.1 Å². The van der Waals surface area contributed by atoms with Gasteiger partial charge < -0.3 is 14.9 Å². The maximum atomic E-state index is 11.9. The minimum Gasteiger partial charge on any atom is -0.480 e. The number of urea groups is 1. The van der Waals surface area contributed by atoms with Gasteiger partial charge in [-0.3, -0.25) is 4.79 Å². The van der Waals surface area contributed by atoms with Gasteiger partial charge in [0.15, 0.2) is 0 Å². The van der Waals surface area contributed by atoms with Crippen molar-refractivity contribution in [2.45, 2.75) is 32.2 Å². The Morgan fingerprint density at radius 2 is 2.07 bits per heavy atom. The molecule has 1 aliphatic heterocycles. The summed E-state index contributed by atoms with van der Waals surface area (Å²) in [5.41, 5.74) is -0.149. The molecule has 0 spiro atoms. The van der Waals surface area contributed by atoms with Crippen LogP contribution >= 0.6 is 0 Å². The van der Waals surface area contributed by atoms with Crippen LogP contribution in [0, 0.1) is 0 Å². The molecule has 0 aromatic carbocycles. The number of aliphatic carboxylic acids is 1. The predicted octanol–water partition coefficient (Wildman–Crippen LogP) is 0.997. The summed E-state index contributed by atoms with van der Waals surface area (Å²) in [7, 11) is 1.52. The molecule has 0 aliphatic carbocycles. The molecule has 1 rings (SSSR count). The van der Waals surface area contributed by atoms with Gasteiger partial charge in [0.25, 0.3) is 0 Å². The first-order valence-electron chi connectivity index (χ1n) is 5.09. The molecule has 15 heavy (non-hydrogen) atoms. The lowest BCUT2D eigenvalue weighted by atomic mass is 10.0. The second kappa shape index (κ2) is 4.08. The highest BCUT2D eigenvalue weighted by Crippen LogP contribution is 2.28. The molecule has 1 saturated heterocycles. The Kier molecular flexibility index (Phi) is 3.21. The van der Waals surface area contributed by atoms with E-state index in [2.05, 4.69) is 0 Å². The fourth-order valence-electron chi connectivity index (χ4n) is 1.94. The lowest BCUT2D eigenvalue weighted by Crippen LogP contribution is -2.49. The lowest BCUT2D eigenvalue weighted by molar-refractivity contribution is -0.137. The summed E-state index contributed by atoms with van der Waals surface area (Å²) >= 11 is 0. The zero-order valence-corrected chi connectivity index (χ0v) is 9.49. The fraction of sp³-hybridized carbons (Fsp3) is 0.800. The Labute approximate surface area is 89.7 Å². The zero-order valence-electron chi connectivity index (χ0n) is 9.49. The molecule has 0 bridgehead atoms. The van der Waals surface area contributed by atoms with Crippen LogP contribution < -0.4 is 0 Å². The van der Waals surface area contributed by atoms with Crippen molar-refractivity contribution in [3.63, 3.8) is 0 Å². The summed E-state index contributed by atoms with van der Waals surface area (Å²) in [6.45, 7) is 4.49. The van der Waals surface area contributed by atoms with Crippen LogP contribution in [-0.4, -0.2) is 52.6 Å². The van der Waals surface area contributed by atoms with E-state index in [9.17, 15) is 9.59 Å². The van der Waals surface area contributed by atoms with Gasteiger partial charge >= 0.3 is 12.0 Å². The molecule has 86 valence electrons. The molecule has 1 fully saturated rings. The quantitative estimate of drug-likeness (QED) is 0.746. The van der Waals surface area contributed by atoms with E-state index in [4.69, 9.17) is 5.11 Å². The molecule has 5 nitrogen and oxygen atoms in total. The second-order valence-electron chi connectivity index (χ2n) is 4.60. The van der Waals surface area contributed by atoms with Crippen molar-refractivity contribution in [3.05, 3.63) is 0 Å². The first-order chi connectivity index (χ1) is 6.84. The van der Waals surface area contributed by atoms with Crippen molar-refractivity contribution in [1.82, 2.24) is 9.80 Å². The highest BCUT2D eigenvalue weighted by Gasteiger charge is 2.36. The molecule has 1 aliphatic rings. The molecule has 0 aromatic rings. The summed E-state index contributed by atoms with van der Waals surface area (Å²) in [5.74, 6) is -0.983. The van der Waals surface area contributed by atoms with Gasteiger partial charge in [0, 0.05) is 19.1 Å². The number of likely N-dealkylation sites (N-methyl/N-ethyl adjacent to an activating group) is 1. The Hall–Kier alpha value is -1.26. The maximum absolute atomic E-state index is 11.9. The number of carboxylic acids is 1. The molecule has 0 saturated carbocycles. The zero-order chi connectivity index (χ0) is 11.6. The van der Waals surface area contributed by atoms with Crippen molar-refractivity contribution >= 4 is 12.0 Å². The number of carbonyl (C=O) groups is 2. The molecule has 0 radical (unpaired) electrons. The van der Waals surface area contributed by atoms with E-state index in [1.54, 1.807) is 4.90 Å². The van der Waals surface area contributed by atoms with Gasteiger partial charge in [-0.2, -0.15) is 0 Å². The highest BCUT2D eigenvalue weighted by molar-refractivity contribution is 5.80. The predicted molar refractivity (Wildman–Crippen MR) is 55.7 cm³/mol. The van der Waals surface area contributed by atoms with Gasteiger partial charge in [-0.05, 0) is 26.7 Å². The number of amides is 2. The fourth-order valence-corrected chi connectivity index (χ4v) is 1.94. The average molecular weight is 214 g/mol. The molecular formula is C10H18N2O3. The number of hydrogen-bond acceptors (Lipinski definition) is 2. The minimum atomic E-state index is -0.983. The van der Waals surface area contributed by atoms with Crippen LogP contribution in [0.2, 0.25) is 0 Å². The first-order valence-corrected chi connectivity index (χ1v) is 5.09. The molecule has 1 N–H and O–H groups in total. The van der Waals surface area contributed by atoms with E-state index in [0.29, 0.717) is 0 Å². The molecule has 5 heteroatoms. The van der Waals surface area contributed by atoms with E-state index in [1.165, 1.54) is 11.9 Å². The molecular weight excluding hydrogens is 196 g/mol. The number of nitrogens with zero attached hydrogens (tertiary/aromatic N) is 2. The average Bonchev–Trinajstić information content (AvgIpc) is 2.42. The molecule has 0 aromatic heterocycles. The summed E-state index contributed by atoms with van der Waals surface area (Å²) in [4.78, 5) is 25.4. The minimum absolute atomic E-state index is 0.149. The Morgan fingerprint density at radius 3 is 2.47 bits per heavy atom. The second-order valence-corrected chi connectivity index (χ2v) is 4.60. The Balaban J connectivity index is 2.64. The third kappa shape index (κ3) is 2.61. The monoisotopic (exact) mass is 214 g/mol. The van der Waals surface area contributed by atoms with Crippen molar-refractivity contribution in [3.8, 4) is 0 Å². The van der Waals surface area contributed by atoms with E-state index in [0.717, 1.165) is 19.4 Å². The van der Waals surface area contributed by atoms with Crippen LogP contribution in [0.25, 0.3) is 0 Å². The van der Waals surface area contributed by atoms with Crippen molar-refractivity contribution in [1.29, 1.82) is 0 Å². The first kappa shape index (κ1) is 11.8. The number of rotatable bonds is 2. The van der Waals surface area contributed by atoms with E-state index >= 15 is 0 Å². The van der Waals surface area contributed by atoms with Crippen LogP contribution in [0.1, 0.15) is 26.7 Å². The number of hydrogen-bond donors (Lipinski definition) is 1. The topological polar surface area (TPSA) is 60.9 Å². The van der Waals surface area contributed by atoms with Crippen LogP contribution in [-0.2, 0) is 4.79 Å². The number of carbonyl (C=O) groups excluding carboxylic acids is 1. The normalized spacial score (nSPS) is 19.0. The van der Waals surface area contributed by atoms with Crippen molar-refractivity contribution in [2.75, 3.05) is 20.1 Å². The van der Waals surface area contributed by atoms with Crippen molar-refractivity contribution in [2.24, 2.45) is 0 Å². The van der Waals surface area contributed by atoms with Gasteiger partial charge in [0.1, 0.15) is 6.54 Å². The molecule has 1 heterocycles. The molecule has 0 unspecified atom stereocenters. The summed E-state index contributed by atoms with van der Waals surface area (Å²) in [6, 6.07) is -0.195. The van der Waals surface area contributed by atoms with Crippen LogP contribution in [0.5, 0.6) is 0 Å². The third-order valence-corrected chi connectivity index (χ3v) is 2.83. The van der Waals surface area contributed by atoms with Gasteiger partial charge in [-0.15, -0.1) is 0 Å². The van der Waals surface area contributed by atoms with E-state index in [1.807, 2.05) is 13.8 Å². The molecule has 0 atom stereocenters. The number of likely N-dealkylation sites (tertiary alicyclic amines) is 1. The van der Waals surface area contributed by atoms with Gasteiger partial charge in [0.05, 0.1) is 0 Å². The van der Waals surface area contributed by atoms with Gasteiger partial charge in [0.2, 0.25) is 0 Å². The van der Waals surface area contributed by atoms with Crippen LogP contribution in [0.3, 0.4) is 0 Å². The Bertz CT molecular complexity index is 276. The highest BCUT2D eigenvalue weighted by atomic mass is 16.4. The lowest BCUT2D eigenvalue weighted by Gasteiger charge is -2.34. The van der Waals surface area contributed by atoms with Crippen LogP contribution in [0.15, 0.2) is 0 Å². The SMILES string of the molecule is CN(CC(=O)O)C(=O)N1CCCC1(C)C. The van der Waals surface area contributed by atoms with Gasteiger partial charge in [-0.1, -0.05) is 0 Å². The third-order valence-electron chi connectivity index (χ3n) is 2.83.